The van der Waals surface area contributed by atoms with E-state index in [0.29, 0.717) is 22.7 Å². The highest BCUT2D eigenvalue weighted by molar-refractivity contribution is 7.92. The van der Waals surface area contributed by atoms with Crippen molar-refractivity contribution in [2.75, 3.05) is 11.8 Å². The number of nitrogens with one attached hydrogen (secondary N) is 2. The van der Waals surface area contributed by atoms with Gasteiger partial charge in [-0.25, -0.2) is 31.6 Å². The number of pyridine rings is 2. The molecule has 4 aromatic rings. The first-order chi connectivity index (χ1) is 15.7. The number of ether oxygens (including phenoxy) is 2. The third-order valence-electron chi connectivity index (χ3n) is 4.77. The van der Waals surface area contributed by atoms with Crippen LogP contribution in [0.2, 0.25) is 0 Å². The van der Waals surface area contributed by atoms with Gasteiger partial charge >= 0.3 is 0 Å². The zero-order chi connectivity index (χ0) is 23.8. The van der Waals surface area contributed by atoms with Crippen LogP contribution in [0.5, 0.6) is 11.6 Å². The number of rotatable bonds is 7. The average Bonchev–Trinajstić information content (AvgIpc) is 3.27. The van der Waals surface area contributed by atoms with Crippen molar-refractivity contribution >= 4 is 26.7 Å². The van der Waals surface area contributed by atoms with E-state index in [9.17, 15) is 17.2 Å². The minimum absolute atomic E-state index is 0.268. The predicted octanol–water partition coefficient (Wildman–Crippen LogP) is 3.47. The molecule has 172 valence electrons. The second kappa shape index (κ2) is 8.58. The van der Waals surface area contributed by atoms with Gasteiger partial charge in [0.05, 0.1) is 37.0 Å². The first kappa shape index (κ1) is 22.3. The van der Waals surface area contributed by atoms with Gasteiger partial charge in [-0.2, -0.15) is 5.10 Å². The number of aromatic nitrogens is 4. The minimum Gasteiger partial charge on any atom is -0.487 e. The molecule has 0 unspecified atom stereocenters. The van der Waals surface area contributed by atoms with Crippen molar-refractivity contribution in [3.8, 4) is 11.6 Å². The molecule has 0 saturated carbocycles. The number of methoxy groups -OCH3 is 1. The van der Waals surface area contributed by atoms with E-state index in [0.717, 1.165) is 25.4 Å². The fourth-order valence-electron chi connectivity index (χ4n) is 3.06. The van der Waals surface area contributed by atoms with E-state index in [-0.39, 0.29) is 5.75 Å². The monoisotopic (exact) mass is 479 g/mol. The van der Waals surface area contributed by atoms with Crippen LogP contribution in [-0.4, -0.2) is 35.7 Å². The van der Waals surface area contributed by atoms with Crippen LogP contribution in [0.1, 0.15) is 11.1 Å². The molecular formula is C20H16F3N5O4S. The second-order valence-electron chi connectivity index (χ2n) is 6.82. The molecule has 1 aromatic carbocycles. The number of halogens is 3. The third kappa shape index (κ3) is 4.26. The molecule has 0 fully saturated rings. The molecule has 13 heteroatoms. The molecule has 0 bridgehead atoms. The highest BCUT2D eigenvalue weighted by Gasteiger charge is 2.25. The van der Waals surface area contributed by atoms with E-state index < -0.39 is 56.1 Å². The quantitative estimate of drug-likeness (QED) is 0.417. The van der Waals surface area contributed by atoms with Gasteiger partial charge in [-0.05, 0) is 19.1 Å². The summed E-state index contributed by atoms with van der Waals surface area (Å²) in [6, 6.07) is 2.45. The number of sulfonamides is 1. The van der Waals surface area contributed by atoms with Gasteiger partial charge in [0.1, 0.15) is 24.0 Å². The Morgan fingerprint density at radius 1 is 1.12 bits per heavy atom. The third-order valence-corrected chi connectivity index (χ3v) is 6.13. The molecule has 0 atom stereocenters. The van der Waals surface area contributed by atoms with E-state index in [1.165, 1.54) is 12.4 Å². The summed E-state index contributed by atoms with van der Waals surface area (Å²) < 4.78 is 80.7. The molecule has 3 heterocycles. The zero-order valence-corrected chi connectivity index (χ0v) is 18.0. The van der Waals surface area contributed by atoms with Crippen molar-refractivity contribution in [3.63, 3.8) is 0 Å². The van der Waals surface area contributed by atoms with Crippen LogP contribution >= 0.6 is 0 Å². The molecule has 4 rings (SSSR count). The molecule has 3 aromatic heterocycles. The maximum Gasteiger partial charge on any atom is 0.267 e. The van der Waals surface area contributed by atoms with Gasteiger partial charge in [-0.1, -0.05) is 0 Å². The van der Waals surface area contributed by atoms with Crippen molar-refractivity contribution in [2.24, 2.45) is 0 Å². The molecule has 0 aliphatic heterocycles. The van der Waals surface area contributed by atoms with Gasteiger partial charge in [-0.3, -0.25) is 9.82 Å². The molecule has 0 aliphatic rings. The molecule has 0 spiro atoms. The highest BCUT2D eigenvalue weighted by atomic mass is 32.2. The number of hydrogen-bond acceptors (Lipinski definition) is 7. The summed E-state index contributed by atoms with van der Waals surface area (Å²) >= 11 is 0. The van der Waals surface area contributed by atoms with Crippen LogP contribution < -0.4 is 14.2 Å². The van der Waals surface area contributed by atoms with Gasteiger partial charge in [-0.15, -0.1) is 0 Å². The molecule has 0 aliphatic carbocycles. The largest absolute Gasteiger partial charge is 0.487 e. The summed E-state index contributed by atoms with van der Waals surface area (Å²) in [4.78, 5) is 7.01. The van der Waals surface area contributed by atoms with Crippen LogP contribution in [0.3, 0.4) is 0 Å². The van der Waals surface area contributed by atoms with Crippen LogP contribution in [0, 0.1) is 24.4 Å². The number of aryl methyl sites for hydroxylation is 1. The molecule has 33 heavy (non-hydrogen) atoms. The lowest BCUT2D eigenvalue weighted by Crippen LogP contribution is -2.17. The topological polar surface area (TPSA) is 119 Å². The lowest BCUT2D eigenvalue weighted by molar-refractivity contribution is 0.290. The van der Waals surface area contributed by atoms with Crippen molar-refractivity contribution in [2.45, 2.75) is 18.4 Å². The highest BCUT2D eigenvalue weighted by Crippen LogP contribution is 2.29. The van der Waals surface area contributed by atoms with Gasteiger partial charge < -0.3 is 9.47 Å². The van der Waals surface area contributed by atoms with E-state index in [4.69, 9.17) is 9.47 Å². The maximum absolute atomic E-state index is 15.0. The first-order valence-corrected chi connectivity index (χ1v) is 10.8. The number of aromatic amines is 1. The maximum atomic E-state index is 15.0. The van der Waals surface area contributed by atoms with Crippen molar-refractivity contribution in [1.29, 1.82) is 0 Å². The van der Waals surface area contributed by atoms with Crippen molar-refractivity contribution in [3.05, 3.63) is 65.4 Å². The molecule has 0 radical (unpaired) electrons. The number of H-pyrrole nitrogens is 1. The lowest BCUT2D eigenvalue weighted by atomic mass is 10.1. The number of hydrogen-bond donors (Lipinski definition) is 2. The van der Waals surface area contributed by atoms with Crippen LogP contribution in [0.25, 0.3) is 11.0 Å². The van der Waals surface area contributed by atoms with Gasteiger partial charge in [0.2, 0.25) is 5.88 Å². The van der Waals surface area contributed by atoms with Gasteiger partial charge in [0.15, 0.2) is 16.4 Å². The van der Waals surface area contributed by atoms with Crippen LogP contribution in [-0.2, 0) is 16.6 Å². The molecule has 0 saturated heterocycles. The Hall–Kier alpha value is -3.87. The summed E-state index contributed by atoms with van der Waals surface area (Å²) in [6.45, 7) is 1.18. The van der Waals surface area contributed by atoms with Crippen LogP contribution in [0.4, 0.5) is 18.9 Å². The minimum atomic E-state index is -4.52. The Labute approximate surface area is 185 Å². The number of fused-ring (bicyclic) bond motifs is 1. The normalized spacial score (nSPS) is 11.5. The number of anilines is 1. The Bertz CT molecular complexity index is 1460. The summed E-state index contributed by atoms with van der Waals surface area (Å²) in [5.41, 5.74) is 0.0840. The standard InChI is InChI=1S/C20H16F3N5O4S/c1-10-12-7-26-27-19(12)24-8-16(10)32-9-13-14(22)3-4-15(18(13)23)28-33(29,30)17-5-11(21)6-25-20(17)31-2/h3-8,28H,9H2,1-2H3,(H,24,26,27). The fraction of sp³-hybridized carbons (Fsp3) is 0.150. The van der Waals surface area contributed by atoms with E-state index >= 15 is 4.39 Å². The average molecular weight is 479 g/mol. The summed E-state index contributed by atoms with van der Waals surface area (Å²) in [5.74, 6) is -3.22. The zero-order valence-electron chi connectivity index (χ0n) is 17.2. The van der Waals surface area contributed by atoms with Crippen molar-refractivity contribution < 1.29 is 31.1 Å². The van der Waals surface area contributed by atoms with E-state index in [2.05, 4.69) is 20.2 Å². The van der Waals surface area contributed by atoms with Gasteiger partial charge in [0.25, 0.3) is 10.0 Å². The van der Waals surface area contributed by atoms with E-state index in [1.54, 1.807) is 6.92 Å². The lowest BCUT2D eigenvalue weighted by Gasteiger charge is -2.14. The Morgan fingerprint density at radius 2 is 1.91 bits per heavy atom. The number of nitrogens with zero attached hydrogens (tertiary/aromatic N) is 3. The SMILES string of the molecule is COc1ncc(F)cc1S(=O)(=O)Nc1ccc(F)c(COc2cnc3[nH]ncc3c2C)c1F. The van der Waals surface area contributed by atoms with Crippen molar-refractivity contribution in [1.82, 2.24) is 20.2 Å². The molecule has 9 nitrogen and oxygen atoms in total. The predicted molar refractivity (Wildman–Crippen MR) is 111 cm³/mol. The molecular weight excluding hydrogens is 463 g/mol. The Balaban J connectivity index is 1.63. The van der Waals surface area contributed by atoms with Gasteiger partial charge in [0, 0.05) is 17.0 Å². The first-order valence-electron chi connectivity index (χ1n) is 9.32. The second-order valence-corrected chi connectivity index (χ2v) is 8.47. The summed E-state index contributed by atoms with van der Waals surface area (Å²) in [7, 11) is -3.38. The molecule has 2 N–H and O–H groups in total. The molecule has 0 amide bonds. The smallest absolute Gasteiger partial charge is 0.267 e. The van der Waals surface area contributed by atoms with E-state index in [1.807, 2.05) is 4.72 Å². The fourth-order valence-corrected chi connectivity index (χ4v) is 4.25. The number of benzene rings is 1. The van der Waals surface area contributed by atoms with Crippen LogP contribution in [0.15, 0.2) is 41.7 Å². The Kier molecular flexibility index (Phi) is 5.80. The Morgan fingerprint density at radius 3 is 2.67 bits per heavy atom. The summed E-state index contributed by atoms with van der Waals surface area (Å²) in [5, 5.41) is 7.24. The summed E-state index contributed by atoms with van der Waals surface area (Å²) in [6.07, 6.45) is 3.68.